The standard InChI is InChI=1S/C9H9F2NO2/c10-8(11)5-12-9(14)6-2-1-3-7(13)4-6/h1-4,8,13H,5H2,(H,12,14). The molecule has 0 saturated carbocycles. The van der Waals surface area contributed by atoms with Crippen LogP contribution in [0.15, 0.2) is 24.3 Å². The molecule has 0 aliphatic carbocycles. The summed E-state index contributed by atoms with van der Waals surface area (Å²) in [5.41, 5.74) is 0.158. The molecule has 14 heavy (non-hydrogen) atoms. The van der Waals surface area contributed by atoms with Crippen LogP contribution in [0.2, 0.25) is 0 Å². The van der Waals surface area contributed by atoms with Gasteiger partial charge in [0.15, 0.2) is 0 Å². The predicted octanol–water partition coefficient (Wildman–Crippen LogP) is 1.39. The van der Waals surface area contributed by atoms with Crippen LogP contribution in [0.25, 0.3) is 0 Å². The number of phenolic OH excluding ortho intramolecular Hbond substituents is 1. The predicted molar refractivity (Wildman–Crippen MR) is 46.4 cm³/mol. The second kappa shape index (κ2) is 4.55. The van der Waals surface area contributed by atoms with Gasteiger partial charge in [-0.3, -0.25) is 4.79 Å². The lowest BCUT2D eigenvalue weighted by atomic mass is 10.2. The largest absolute Gasteiger partial charge is 0.508 e. The molecule has 0 heterocycles. The fourth-order valence-corrected chi connectivity index (χ4v) is 0.919. The number of nitrogens with one attached hydrogen (secondary N) is 1. The van der Waals surface area contributed by atoms with Gasteiger partial charge in [0.25, 0.3) is 12.3 Å². The van der Waals surface area contributed by atoms with E-state index in [-0.39, 0.29) is 11.3 Å². The third-order valence-electron chi connectivity index (χ3n) is 1.53. The van der Waals surface area contributed by atoms with E-state index in [0.29, 0.717) is 0 Å². The number of hydrogen-bond acceptors (Lipinski definition) is 2. The second-order valence-corrected chi connectivity index (χ2v) is 2.65. The number of carbonyl (C=O) groups is 1. The van der Waals surface area contributed by atoms with E-state index in [0.717, 1.165) is 0 Å². The lowest BCUT2D eigenvalue weighted by molar-refractivity contribution is 0.0891. The van der Waals surface area contributed by atoms with Crippen LogP contribution in [-0.4, -0.2) is 24.0 Å². The Morgan fingerprint density at radius 3 is 2.79 bits per heavy atom. The van der Waals surface area contributed by atoms with Gasteiger partial charge >= 0.3 is 0 Å². The van der Waals surface area contributed by atoms with Gasteiger partial charge in [-0.2, -0.15) is 0 Å². The maximum Gasteiger partial charge on any atom is 0.255 e. The topological polar surface area (TPSA) is 49.3 Å². The van der Waals surface area contributed by atoms with E-state index in [1.54, 1.807) is 0 Å². The molecule has 2 N–H and O–H groups in total. The van der Waals surface area contributed by atoms with Gasteiger partial charge < -0.3 is 10.4 Å². The minimum atomic E-state index is -2.57. The third kappa shape index (κ3) is 3.01. The van der Waals surface area contributed by atoms with E-state index in [4.69, 9.17) is 5.11 Å². The zero-order valence-corrected chi connectivity index (χ0v) is 7.21. The quantitative estimate of drug-likeness (QED) is 0.776. The number of phenols is 1. The number of amides is 1. The van der Waals surface area contributed by atoms with Crippen molar-refractivity contribution in [2.45, 2.75) is 6.43 Å². The molecule has 5 heteroatoms. The molecule has 0 atom stereocenters. The molecule has 0 spiro atoms. The normalized spacial score (nSPS) is 10.2. The highest BCUT2D eigenvalue weighted by atomic mass is 19.3. The van der Waals surface area contributed by atoms with Gasteiger partial charge in [-0.05, 0) is 18.2 Å². The minimum absolute atomic E-state index is 0.0744. The minimum Gasteiger partial charge on any atom is -0.508 e. The van der Waals surface area contributed by atoms with E-state index < -0.39 is 18.9 Å². The van der Waals surface area contributed by atoms with E-state index in [2.05, 4.69) is 0 Å². The highest BCUT2D eigenvalue weighted by molar-refractivity contribution is 5.94. The Morgan fingerprint density at radius 1 is 1.50 bits per heavy atom. The van der Waals surface area contributed by atoms with Crippen LogP contribution in [0.3, 0.4) is 0 Å². The fourth-order valence-electron chi connectivity index (χ4n) is 0.919. The number of alkyl halides is 2. The summed E-state index contributed by atoms with van der Waals surface area (Å²) in [6.07, 6.45) is -2.57. The molecule has 0 fully saturated rings. The van der Waals surface area contributed by atoms with Gasteiger partial charge in [-0.1, -0.05) is 6.07 Å². The van der Waals surface area contributed by atoms with E-state index in [1.807, 2.05) is 5.32 Å². The number of hydrogen-bond donors (Lipinski definition) is 2. The maximum atomic E-state index is 11.7. The van der Waals surface area contributed by atoms with Gasteiger partial charge in [0, 0.05) is 5.56 Å². The summed E-state index contributed by atoms with van der Waals surface area (Å²) in [5.74, 6) is -0.698. The average Bonchev–Trinajstić information content (AvgIpc) is 2.14. The van der Waals surface area contributed by atoms with Crippen molar-refractivity contribution in [3.63, 3.8) is 0 Å². The van der Waals surface area contributed by atoms with Gasteiger partial charge in [0.2, 0.25) is 0 Å². The lowest BCUT2D eigenvalue weighted by Crippen LogP contribution is -2.28. The van der Waals surface area contributed by atoms with Crippen molar-refractivity contribution >= 4 is 5.91 Å². The molecule has 0 saturated heterocycles. The molecule has 1 amide bonds. The molecule has 0 aliphatic rings. The Labute approximate surface area is 79.4 Å². The molecule has 0 aromatic heterocycles. The molecule has 0 unspecified atom stereocenters. The van der Waals surface area contributed by atoms with Crippen LogP contribution in [0.4, 0.5) is 8.78 Å². The third-order valence-corrected chi connectivity index (χ3v) is 1.53. The first-order valence-corrected chi connectivity index (χ1v) is 3.95. The average molecular weight is 201 g/mol. The van der Waals surface area contributed by atoms with Crippen molar-refractivity contribution in [2.24, 2.45) is 0 Å². The zero-order valence-electron chi connectivity index (χ0n) is 7.21. The summed E-state index contributed by atoms with van der Waals surface area (Å²) in [5, 5.41) is 11.0. The number of aromatic hydroxyl groups is 1. The van der Waals surface area contributed by atoms with Crippen LogP contribution in [0, 0.1) is 0 Å². The van der Waals surface area contributed by atoms with E-state index in [9.17, 15) is 13.6 Å². The number of halogens is 2. The van der Waals surface area contributed by atoms with Crippen molar-refractivity contribution < 1.29 is 18.7 Å². The number of benzene rings is 1. The van der Waals surface area contributed by atoms with Crippen LogP contribution >= 0.6 is 0 Å². The smallest absolute Gasteiger partial charge is 0.255 e. The highest BCUT2D eigenvalue weighted by Crippen LogP contribution is 2.10. The van der Waals surface area contributed by atoms with Gasteiger partial charge in [0.05, 0.1) is 6.54 Å². The summed E-state index contributed by atoms with van der Waals surface area (Å²) < 4.78 is 23.5. The summed E-state index contributed by atoms with van der Waals surface area (Å²) in [7, 11) is 0. The monoisotopic (exact) mass is 201 g/mol. The molecule has 3 nitrogen and oxygen atoms in total. The number of rotatable bonds is 3. The van der Waals surface area contributed by atoms with Crippen LogP contribution in [0.1, 0.15) is 10.4 Å². The summed E-state index contributed by atoms with van der Waals surface area (Å²) >= 11 is 0. The number of carbonyl (C=O) groups excluding carboxylic acids is 1. The molecule has 1 rings (SSSR count). The molecular formula is C9H9F2NO2. The molecule has 0 bridgehead atoms. The van der Waals surface area contributed by atoms with Crippen molar-refractivity contribution in [3.8, 4) is 5.75 Å². The van der Waals surface area contributed by atoms with Crippen LogP contribution in [0.5, 0.6) is 5.75 Å². The van der Waals surface area contributed by atoms with E-state index >= 15 is 0 Å². The van der Waals surface area contributed by atoms with Crippen molar-refractivity contribution in [3.05, 3.63) is 29.8 Å². The van der Waals surface area contributed by atoms with E-state index in [1.165, 1.54) is 24.3 Å². The van der Waals surface area contributed by atoms with Crippen molar-refractivity contribution in [2.75, 3.05) is 6.54 Å². The Hall–Kier alpha value is -1.65. The molecule has 76 valence electrons. The Morgan fingerprint density at radius 2 is 2.21 bits per heavy atom. The molecule has 1 aromatic rings. The van der Waals surface area contributed by atoms with Crippen molar-refractivity contribution in [1.82, 2.24) is 5.32 Å². The summed E-state index contributed by atoms with van der Waals surface area (Å²) in [6, 6.07) is 5.50. The first kappa shape index (κ1) is 10.4. The molecular weight excluding hydrogens is 192 g/mol. The zero-order chi connectivity index (χ0) is 10.6. The molecule has 0 aliphatic heterocycles. The van der Waals surface area contributed by atoms with Gasteiger partial charge in [0.1, 0.15) is 5.75 Å². The van der Waals surface area contributed by atoms with Crippen molar-refractivity contribution in [1.29, 1.82) is 0 Å². The summed E-state index contributed by atoms with van der Waals surface area (Å²) in [4.78, 5) is 11.1. The Kier molecular flexibility index (Phi) is 3.39. The Bertz CT molecular complexity index is 328. The molecule has 0 radical (unpaired) electrons. The first-order valence-electron chi connectivity index (χ1n) is 3.95. The van der Waals surface area contributed by atoms with Gasteiger partial charge in [-0.25, -0.2) is 8.78 Å². The summed E-state index contributed by atoms with van der Waals surface area (Å²) in [6.45, 7) is -0.686. The first-order chi connectivity index (χ1) is 6.59. The van der Waals surface area contributed by atoms with Gasteiger partial charge in [-0.15, -0.1) is 0 Å². The lowest BCUT2D eigenvalue weighted by Gasteiger charge is -2.04. The molecule has 1 aromatic carbocycles. The second-order valence-electron chi connectivity index (χ2n) is 2.65. The SMILES string of the molecule is O=C(NCC(F)F)c1cccc(O)c1. The maximum absolute atomic E-state index is 11.7. The Balaban J connectivity index is 2.61. The van der Waals surface area contributed by atoms with Crippen LogP contribution in [-0.2, 0) is 0 Å². The van der Waals surface area contributed by atoms with Crippen LogP contribution < -0.4 is 5.32 Å². The highest BCUT2D eigenvalue weighted by Gasteiger charge is 2.08. The fraction of sp³-hybridized carbons (Fsp3) is 0.222.